The zero-order valence-electron chi connectivity index (χ0n) is 13.7. The predicted molar refractivity (Wildman–Crippen MR) is 92.8 cm³/mol. The fraction of sp³-hybridized carbons (Fsp3) is 0.278. The lowest BCUT2D eigenvalue weighted by atomic mass is 10.2. The van der Waals surface area contributed by atoms with Crippen LogP contribution in [0.3, 0.4) is 0 Å². The van der Waals surface area contributed by atoms with E-state index in [1.165, 1.54) is 0 Å². The third kappa shape index (κ3) is 3.99. The Balaban J connectivity index is 1.55. The summed E-state index contributed by atoms with van der Waals surface area (Å²) in [7, 11) is 1.98. The van der Waals surface area contributed by atoms with Crippen LogP contribution in [-0.4, -0.2) is 26.3 Å². The van der Waals surface area contributed by atoms with Gasteiger partial charge in [-0.1, -0.05) is 17.7 Å². The van der Waals surface area contributed by atoms with Crippen molar-refractivity contribution in [3.8, 4) is 11.5 Å². The highest BCUT2D eigenvalue weighted by atomic mass is 35.5. The standard InChI is InChI=1S/C18H19ClN2O3/c1-12-3-5-14(8-15(12)19)20-18(22)10-21(2)9-13-4-6-16-17(7-13)24-11-23-16/h3-8H,9-11H2,1-2H3,(H,20,22)/p+1. The van der Waals surface area contributed by atoms with Crippen LogP contribution in [0, 0.1) is 6.92 Å². The smallest absolute Gasteiger partial charge is 0.279 e. The fourth-order valence-corrected chi connectivity index (χ4v) is 2.79. The molecule has 1 aliphatic rings. The van der Waals surface area contributed by atoms with Crippen molar-refractivity contribution in [3.05, 3.63) is 52.5 Å². The van der Waals surface area contributed by atoms with Crippen molar-refractivity contribution < 1.29 is 19.2 Å². The number of carbonyl (C=O) groups excluding carboxylic acids is 1. The molecule has 0 aromatic heterocycles. The average molecular weight is 348 g/mol. The van der Waals surface area contributed by atoms with E-state index in [-0.39, 0.29) is 12.7 Å². The second-order valence-electron chi connectivity index (χ2n) is 6.01. The Morgan fingerprint density at radius 3 is 2.79 bits per heavy atom. The zero-order chi connectivity index (χ0) is 17.1. The molecule has 0 radical (unpaired) electrons. The molecule has 2 N–H and O–H groups in total. The highest BCUT2D eigenvalue weighted by Gasteiger charge is 2.16. The number of hydrogen-bond acceptors (Lipinski definition) is 3. The van der Waals surface area contributed by atoms with E-state index in [4.69, 9.17) is 21.1 Å². The van der Waals surface area contributed by atoms with Gasteiger partial charge in [0.2, 0.25) is 6.79 Å². The maximum atomic E-state index is 12.2. The van der Waals surface area contributed by atoms with Gasteiger partial charge in [0, 0.05) is 16.3 Å². The lowest BCUT2D eigenvalue weighted by Crippen LogP contribution is -3.08. The van der Waals surface area contributed by atoms with Crippen LogP contribution < -0.4 is 19.7 Å². The van der Waals surface area contributed by atoms with E-state index >= 15 is 0 Å². The van der Waals surface area contributed by atoms with Crippen LogP contribution in [0.4, 0.5) is 5.69 Å². The summed E-state index contributed by atoms with van der Waals surface area (Å²) < 4.78 is 10.7. The third-order valence-corrected chi connectivity index (χ3v) is 4.27. The third-order valence-electron chi connectivity index (χ3n) is 3.86. The summed E-state index contributed by atoms with van der Waals surface area (Å²) in [5.41, 5.74) is 2.80. The molecular formula is C18H20ClN2O3+. The van der Waals surface area contributed by atoms with Crippen LogP contribution in [0.2, 0.25) is 5.02 Å². The fourth-order valence-electron chi connectivity index (χ4n) is 2.61. The van der Waals surface area contributed by atoms with Gasteiger partial charge in [-0.15, -0.1) is 0 Å². The Labute approximate surface area is 146 Å². The number of fused-ring (bicyclic) bond motifs is 1. The van der Waals surface area contributed by atoms with Crippen molar-refractivity contribution >= 4 is 23.2 Å². The molecular weight excluding hydrogens is 328 g/mol. The number of hydrogen-bond donors (Lipinski definition) is 2. The zero-order valence-corrected chi connectivity index (χ0v) is 14.4. The van der Waals surface area contributed by atoms with Crippen molar-refractivity contribution in [1.29, 1.82) is 0 Å². The number of nitrogens with one attached hydrogen (secondary N) is 2. The lowest BCUT2D eigenvalue weighted by molar-refractivity contribution is -0.885. The first kappa shape index (κ1) is 16.6. The van der Waals surface area contributed by atoms with Crippen LogP contribution in [0.5, 0.6) is 11.5 Å². The number of quaternary nitrogens is 1. The maximum absolute atomic E-state index is 12.2. The van der Waals surface area contributed by atoms with Crippen molar-refractivity contribution in [3.63, 3.8) is 0 Å². The van der Waals surface area contributed by atoms with Gasteiger partial charge in [0.05, 0.1) is 7.05 Å². The number of rotatable bonds is 5. The molecule has 1 heterocycles. The summed E-state index contributed by atoms with van der Waals surface area (Å²) in [5.74, 6) is 1.48. The molecule has 0 saturated heterocycles. The summed E-state index contributed by atoms with van der Waals surface area (Å²) in [5, 5.41) is 3.53. The van der Waals surface area contributed by atoms with E-state index in [9.17, 15) is 4.79 Å². The largest absolute Gasteiger partial charge is 0.454 e. The van der Waals surface area contributed by atoms with Crippen LogP contribution in [-0.2, 0) is 11.3 Å². The lowest BCUT2D eigenvalue weighted by Gasteiger charge is -2.14. The molecule has 1 unspecified atom stereocenters. The minimum atomic E-state index is -0.0480. The minimum Gasteiger partial charge on any atom is -0.454 e. The monoisotopic (exact) mass is 347 g/mol. The number of halogens is 1. The van der Waals surface area contributed by atoms with E-state index in [0.717, 1.165) is 34.1 Å². The van der Waals surface area contributed by atoms with E-state index < -0.39 is 0 Å². The van der Waals surface area contributed by atoms with E-state index in [1.807, 2.05) is 44.3 Å². The quantitative estimate of drug-likeness (QED) is 0.870. The number of carbonyl (C=O) groups is 1. The van der Waals surface area contributed by atoms with Gasteiger partial charge in [0.15, 0.2) is 18.0 Å². The molecule has 0 saturated carbocycles. The van der Waals surface area contributed by atoms with Crippen LogP contribution in [0.1, 0.15) is 11.1 Å². The number of ether oxygens (including phenoxy) is 2. The second kappa shape index (κ2) is 7.11. The molecule has 1 atom stereocenters. The minimum absolute atomic E-state index is 0.0480. The van der Waals surface area contributed by atoms with Gasteiger partial charge < -0.3 is 19.7 Å². The molecule has 126 valence electrons. The summed E-state index contributed by atoms with van der Waals surface area (Å²) in [6.45, 7) is 3.28. The molecule has 0 aliphatic carbocycles. The van der Waals surface area contributed by atoms with Gasteiger partial charge in [0.1, 0.15) is 6.54 Å². The van der Waals surface area contributed by atoms with Gasteiger partial charge in [-0.25, -0.2) is 0 Å². The topological polar surface area (TPSA) is 52.0 Å². The summed E-state index contributed by atoms with van der Waals surface area (Å²) >= 11 is 6.08. The number of amides is 1. The molecule has 5 nitrogen and oxygen atoms in total. The number of likely N-dealkylation sites (N-methyl/N-ethyl adjacent to an activating group) is 1. The highest BCUT2D eigenvalue weighted by molar-refractivity contribution is 6.31. The van der Waals surface area contributed by atoms with Crippen LogP contribution in [0.15, 0.2) is 36.4 Å². The second-order valence-corrected chi connectivity index (χ2v) is 6.42. The highest BCUT2D eigenvalue weighted by Crippen LogP contribution is 2.32. The molecule has 6 heteroatoms. The number of aryl methyl sites for hydroxylation is 1. The molecule has 2 aromatic carbocycles. The molecule has 24 heavy (non-hydrogen) atoms. The van der Waals surface area contributed by atoms with E-state index in [2.05, 4.69) is 5.32 Å². The molecule has 3 rings (SSSR count). The van der Waals surface area contributed by atoms with E-state index in [0.29, 0.717) is 17.3 Å². The summed E-state index contributed by atoms with van der Waals surface area (Å²) in [6, 6.07) is 11.4. The normalized spacial score (nSPS) is 13.6. The number of benzene rings is 2. The van der Waals surface area contributed by atoms with Gasteiger partial charge >= 0.3 is 0 Å². The van der Waals surface area contributed by atoms with Crippen molar-refractivity contribution in [2.24, 2.45) is 0 Å². The first-order valence-electron chi connectivity index (χ1n) is 7.77. The van der Waals surface area contributed by atoms with Crippen molar-refractivity contribution in [2.75, 3.05) is 25.7 Å². The van der Waals surface area contributed by atoms with Gasteiger partial charge in [-0.05, 0) is 42.8 Å². The molecule has 0 bridgehead atoms. The van der Waals surface area contributed by atoms with Crippen molar-refractivity contribution in [1.82, 2.24) is 0 Å². The molecule has 1 aliphatic heterocycles. The molecule has 0 spiro atoms. The van der Waals surface area contributed by atoms with Gasteiger partial charge in [-0.3, -0.25) is 4.79 Å². The van der Waals surface area contributed by atoms with Gasteiger partial charge in [-0.2, -0.15) is 0 Å². The molecule has 0 fully saturated rings. The molecule has 2 aromatic rings. The Kier molecular flexibility index (Phi) is 4.92. The van der Waals surface area contributed by atoms with Crippen LogP contribution in [0.25, 0.3) is 0 Å². The predicted octanol–water partition coefficient (Wildman–Crippen LogP) is 2.03. The first-order valence-corrected chi connectivity index (χ1v) is 8.15. The van der Waals surface area contributed by atoms with E-state index in [1.54, 1.807) is 6.07 Å². The summed E-state index contributed by atoms with van der Waals surface area (Å²) in [6.07, 6.45) is 0. The summed E-state index contributed by atoms with van der Waals surface area (Å²) in [4.78, 5) is 13.3. The van der Waals surface area contributed by atoms with Gasteiger partial charge in [0.25, 0.3) is 5.91 Å². The number of anilines is 1. The molecule has 1 amide bonds. The maximum Gasteiger partial charge on any atom is 0.279 e. The Morgan fingerprint density at radius 2 is 2.00 bits per heavy atom. The SMILES string of the molecule is Cc1ccc(NC(=O)C[NH+](C)Cc2ccc3c(c2)OCO3)cc1Cl. The van der Waals surface area contributed by atoms with Crippen LogP contribution >= 0.6 is 11.6 Å². The Bertz CT molecular complexity index is 764. The van der Waals surface area contributed by atoms with Crippen molar-refractivity contribution in [2.45, 2.75) is 13.5 Å². The Morgan fingerprint density at radius 1 is 1.21 bits per heavy atom. The Hall–Kier alpha value is -2.24. The average Bonchev–Trinajstić information content (AvgIpc) is 2.98. The first-order chi connectivity index (χ1) is 11.5.